The number of rotatable bonds is 5. The zero-order valence-electron chi connectivity index (χ0n) is 13.1. The van der Waals surface area contributed by atoms with E-state index in [1.54, 1.807) is 0 Å². The van der Waals surface area contributed by atoms with Gasteiger partial charge in [-0.25, -0.2) is 0 Å². The van der Waals surface area contributed by atoms with Gasteiger partial charge in [0.15, 0.2) is 0 Å². The van der Waals surface area contributed by atoms with Crippen molar-refractivity contribution in [3.8, 4) is 0 Å². The lowest BCUT2D eigenvalue weighted by molar-refractivity contribution is 0.00786. The molecule has 2 aliphatic rings. The fourth-order valence-corrected chi connectivity index (χ4v) is 3.51. The molecule has 2 saturated heterocycles. The highest BCUT2D eigenvalue weighted by Gasteiger charge is 2.25. The van der Waals surface area contributed by atoms with Gasteiger partial charge in [-0.1, -0.05) is 0 Å². The van der Waals surface area contributed by atoms with Gasteiger partial charge in [-0.3, -0.25) is 0 Å². The van der Waals surface area contributed by atoms with Gasteiger partial charge in [-0.15, -0.1) is 0 Å². The zero-order valence-corrected chi connectivity index (χ0v) is 13.1. The molecule has 0 aromatic heterocycles. The second-order valence-electron chi connectivity index (χ2n) is 6.53. The maximum Gasteiger partial charge on any atom is 0.0599 e. The highest BCUT2D eigenvalue weighted by Crippen LogP contribution is 2.22. The number of likely N-dealkylation sites (tertiary alicyclic amines) is 2. The standard InChI is InChI=1S/C16H32N2O/c1-4-19-16-7-9-17(10-8-16)13-15-5-11-18(12-6-15)14(2)3/h14-16H,4-13H2,1-3H3. The van der Waals surface area contributed by atoms with Gasteiger partial charge in [0, 0.05) is 32.3 Å². The van der Waals surface area contributed by atoms with E-state index in [0.29, 0.717) is 6.10 Å². The summed E-state index contributed by atoms with van der Waals surface area (Å²) in [6.07, 6.45) is 5.79. The van der Waals surface area contributed by atoms with Crippen LogP contribution in [0.2, 0.25) is 0 Å². The average Bonchev–Trinajstić information content (AvgIpc) is 2.42. The largest absolute Gasteiger partial charge is 0.378 e. The number of piperidine rings is 2. The molecule has 0 aliphatic carbocycles. The number of ether oxygens (including phenoxy) is 1. The highest BCUT2D eigenvalue weighted by atomic mass is 16.5. The summed E-state index contributed by atoms with van der Waals surface area (Å²) < 4.78 is 5.73. The first-order valence-electron chi connectivity index (χ1n) is 8.27. The van der Waals surface area contributed by atoms with Crippen molar-refractivity contribution in [3.05, 3.63) is 0 Å². The molecule has 0 radical (unpaired) electrons. The van der Waals surface area contributed by atoms with Crippen LogP contribution in [0.15, 0.2) is 0 Å². The van der Waals surface area contributed by atoms with Crippen molar-refractivity contribution in [1.29, 1.82) is 0 Å². The van der Waals surface area contributed by atoms with Crippen LogP contribution in [-0.4, -0.2) is 61.3 Å². The van der Waals surface area contributed by atoms with E-state index in [0.717, 1.165) is 18.6 Å². The monoisotopic (exact) mass is 268 g/mol. The molecule has 3 nitrogen and oxygen atoms in total. The van der Waals surface area contributed by atoms with Crippen molar-refractivity contribution in [1.82, 2.24) is 9.80 Å². The van der Waals surface area contributed by atoms with Crippen LogP contribution >= 0.6 is 0 Å². The first-order chi connectivity index (χ1) is 9.19. The molecule has 0 aromatic carbocycles. The van der Waals surface area contributed by atoms with Gasteiger partial charge >= 0.3 is 0 Å². The molecule has 2 aliphatic heterocycles. The predicted octanol–water partition coefficient (Wildman–Crippen LogP) is 2.61. The molecule has 112 valence electrons. The van der Waals surface area contributed by atoms with Crippen LogP contribution in [0.25, 0.3) is 0 Å². The second-order valence-corrected chi connectivity index (χ2v) is 6.53. The van der Waals surface area contributed by atoms with E-state index >= 15 is 0 Å². The Hall–Kier alpha value is -0.120. The number of hydrogen-bond acceptors (Lipinski definition) is 3. The molecule has 2 rings (SSSR count). The third-order valence-electron chi connectivity index (χ3n) is 4.83. The van der Waals surface area contributed by atoms with Crippen molar-refractivity contribution in [2.45, 2.75) is 58.6 Å². The maximum atomic E-state index is 5.73. The summed E-state index contributed by atoms with van der Waals surface area (Å²) >= 11 is 0. The molecule has 0 aromatic rings. The van der Waals surface area contributed by atoms with Crippen LogP contribution in [0.5, 0.6) is 0 Å². The Labute approximate surface area is 119 Å². The highest BCUT2D eigenvalue weighted by molar-refractivity contribution is 4.79. The fraction of sp³-hybridized carbons (Fsp3) is 1.00. The molecule has 2 heterocycles. The predicted molar refractivity (Wildman–Crippen MR) is 80.5 cm³/mol. The van der Waals surface area contributed by atoms with E-state index in [9.17, 15) is 0 Å². The molecule has 0 unspecified atom stereocenters. The molecule has 0 spiro atoms. The van der Waals surface area contributed by atoms with Crippen molar-refractivity contribution >= 4 is 0 Å². The van der Waals surface area contributed by atoms with E-state index in [1.165, 1.54) is 58.4 Å². The Balaban J connectivity index is 1.64. The van der Waals surface area contributed by atoms with Crippen LogP contribution in [0.4, 0.5) is 0 Å². The summed E-state index contributed by atoms with van der Waals surface area (Å²) in [4.78, 5) is 5.29. The van der Waals surface area contributed by atoms with Gasteiger partial charge in [0.2, 0.25) is 0 Å². The Kier molecular flexibility index (Phi) is 6.11. The average molecular weight is 268 g/mol. The number of nitrogens with zero attached hydrogens (tertiary/aromatic N) is 2. The minimum Gasteiger partial charge on any atom is -0.378 e. The maximum absolute atomic E-state index is 5.73. The molecular weight excluding hydrogens is 236 g/mol. The Morgan fingerprint density at radius 2 is 1.63 bits per heavy atom. The van der Waals surface area contributed by atoms with Crippen LogP contribution < -0.4 is 0 Å². The minimum atomic E-state index is 0.532. The molecule has 0 N–H and O–H groups in total. The van der Waals surface area contributed by atoms with E-state index in [1.807, 2.05) is 0 Å². The molecular formula is C16H32N2O. The van der Waals surface area contributed by atoms with E-state index in [4.69, 9.17) is 4.74 Å². The number of hydrogen-bond donors (Lipinski definition) is 0. The molecule has 0 bridgehead atoms. The normalized spacial score (nSPS) is 25.3. The summed E-state index contributed by atoms with van der Waals surface area (Å²) in [6.45, 7) is 14.0. The van der Waals surface area contributed by atoms with Gasteiger partial charge in [0.1, 0.15) is 0 Å². The first kappa shape index (κ1) is 15.3. The Morgan fingerprint density at radius 3 is 2.16 bits per heavy atom. The Bertz CT molecular complexity index is 241. The summed E-state index contributed by atoms with van der Waals surface area (Å²) in [6, 6.07) is 0.725. The molecule has 0 saturated carbocycles. The summed E-state index contributed by atoms with van der Waals surface area (Å²) in [5, 5.41) is 0. The van der Waals surface area contributed by atoms with Crippen molar-refractivity contribution in [2.24, 2.45) is 5.92 Å². The van der Waals surface area contributed by atoms with Gasteiger partial charge in [0.05, 0.1) is 6.10 Å². The Morgan fingerprint density at radius 1 is 1.00 bits per heavy atom. The van der Waals surface area contributed by atoms with E-state index in [-0.39, 0.29) is 0 Å². The summed E-state index contributed by atoms with van der Waals surface area (Å²) in [5.41, 5.74) is 0. The quantitative estimate of drug-likeness (QED) is 0.762. The smallest absolute Gasteiger partial charge is 0.0599 e. The lowest BCUT2D eigenvalue weighted by Crippen LogP contribution is -2.44. The molecule has 0 atom stereocenters. The van der Waals surface area contributed by atoms with Crippen molar-refractivity contribution in [2.75, 3.05) is 39.3 Å². The molecule has 3 heteroatoms. The summed E-state index contributed by atoms with van der Waals surface area (Å²) in [7, 11) is 0. The van der Waals surface area contributed by atoms with E-state index in [2.05, 4.69) is 30.6 Å². The van der Waals surface area contributed by atoms with Crippen molar-refractivity contribution < 1.29 is 4.74 Å². The van der Waals surface area contributed by atoms with E-state index < -0.39 is 0 Å². The molecule has 2 fully saturated rings. The lowest BCUT2D eigenvalue weighted by atomic mass is 9.94. The van der Waals surface area contributed by atoms with Crippen LogP contribution in [-0.2, 0) is 4.74 Å². The molecule has 0 amide bonds. The fourth-order valence-electron chi connectivity index (χ4n) is 3.51. The van der Waals surface area contributed by atoms with Gasteiger partial charge in [0.25, 0.3) is 0 Å². The third kappa shape index (κ3) is 4.73. The summed E-state index contributed by atoms with van der Waals surface area (Å²) in [5.74, 6) is 0.929. The van der Waals surface area contributed by atoms with Crippen LogP contribution in [0.1, 0.15) is 46.5 Å². The van der Waals surface area contributed by atoms with Gasteiger partial charge in [-0.05, 0) is 65.5 Å². The van der Waals surface area contributed by atoms with Crippen LogP contribution in [0, 0.1) is 5.92 Å². The first-order valence-corrected chi connectivity index (χ1v) is 8.27. The van der Waals surface area contributed by atoms with Crippen molar-refractivity contribution in [3.63, 3.8) is 0 Å². The second kappa shape index (κ2) is 7.61. The molecule has 19 heavy (non-hydrogen) atoms. The third-order valence-corrected chi connectivity index (χ3v) is 4.83. The zero-order chi connectivity index (χ0) is 13.7. The minimum absolute atomic E-state index is 0.532. The topological polar surface area (TPSA) is 15.7 Å². The lowest BCUT2D eigenvalue weighted by Gasteiger charge is -2.38. The SMILES string of the molecule is CCOC1CCN(CC2CCN(C(C)C)CC2)CC1. The van der Waals surface area contributed by atoms with Gasteiger partial charge < -0.3 is 14.5 Å². The van der Waals surface area contributed by atoms with Crippen LogP contribution in [0.3, 0.4) is 0 Å². The van der Waals surface area contributed by atoms with Gasteiger partial charge in [-0.2, -0.15) is 0 Å².